The Bertz CT molecular complexity index is 443. The number of aromatic nitrogens is 1. The van der Waals surface area contributed by atoms with Crippen LogP contribution in [0.2, 0.25) is 5.02 Å². The first kappa shape index (κ1) is 12.8. The molecule has 2 rings (SSSR count). The molecule has 0 aromatic carbocycles. The molecule has 1 saturated heterocycles. The number of anilines is 1. The topological polar surface area (TPSA) is 74.3 Å². The molecule has 2 N–H and O–H groups in total. The summed E-state index contributed by atoms with van der Waals surface area (Å²) in [5, 5.41) is 6.03. The molecular formula is C11H13ClN4O2. The van der Waals surface area contributed by atoms with Gasteiger partial charge in [0.15, 0.2) is 0 Å². The summed E-state index contributed by atoms with van der Waals surface area (Å²) in [5.74, 6) is -0.896. The van der Waals surface area contributed by atoms with Gasteiger partial charge in [0, 0.05) is 32.4 Å². The Kier molecular flexibility index (Phi) is 4.11. The molecule has 1 aromatic heterocycles. The molecule has 1 aliphatic heterocycles. The van der Waals surface area contributed by atoms with Gasteiger partial charge < -0.3 is 15.5 Å². The summed E-state index contributed by atoms with van der Waals surface area (Å²) in [6, 6.07) is 3.14. The zero-order valence-corrected chi connectivity index (χ0v) is 10.4. The van der Waals surface area contributed by atoms with E-state index < -0.39 is 11.8 Å². The van der Waals surface area contributed by atoms with Gasteiger partial charge in [-0.15, -0.1) is 0 Å². The number of rotatable bonds is 1. The summed E-state index contributed by atoms with van der Waals surface area (Å²) in [6.45, 7) is 2.50. The first-order valence-corrected chi connectivity index (χ1v) is 5.97. The first-order valence-electron chi connectivity index (χ1n) is 5.59. The normalized spacial score (nSPS) is 15.3. The van der Waals surface area contributed by atoms with Crippen molar-refractivity contribution in [1.29, 1.82) is 0 Å². The highest BCUT2D eigenvalue weighted by atomic mass is 35.5. The maximum absolute atomic E-state index is 11.8. The number of hydrogen-bond acceptors (Lipinski definition) is 4. The van der Waals surface area contributed by atoms with Gasteiger partial charge in [-0.2, -0.15) is 0 Å². The van der Waals surface area contributed by atoms with E-state index in [-0.39, 0.29) is 0 Å². The molecule has 6 nitrogen and oxygen atoms in total. The van der Waals surface area contributed by atoms with Crippen LogP contribution in [-0.2, 0) is 9.59 Å². The van der Waals surface area contributed by atoms with Gasteiger partial charge in [-0.05, 0) is 12.1 Å². The third-order valence-electron chi connectivity index (χ3n) is 2.57. The Balaban J connectivity index is 1.94. The summed E-state index contributed by atoms with van der Waals surface area (Å²) in [5.41, 5.74) is 0. The highest BCUT2D eigenvalue weighted by molar-refractivity contribution is 6.39. The van der Waals surface area contributed by atoms with Gasteiger partial charge in [0.1, 0.15) is 5.82 Å². The minimum Gasteiger partial charge on any atom is -0.332 e. The molecule has 0 spiro atoms. The van der Waals surface area contributed by atoms with Crippen LogP contribution in [0.15, 0.2) is 18.3 Å². The number of nitrogens with one attached hydrogen (secondary N) is 2. The number of pyridine rings is 1. The lowest BCUT2D eigenvalue weighted by atomic mass is 10.3. The highest BCUT2D eigenvalue weighted by Gasteiger charge is 2.23. The Morgan fingerprint density at radius 3 is 2.67 bits per heavy atom. The molecule has 2 amide bonds. The van der Waals surface area contributed by atoms with E-state index in [0.717, 1.165) is 0 Å². The molecule has 0 unspecified atom stereocenters. The van der Waals surface area contributed by atoms with E-state index in [4.69, 9.17) is 11.6 Å². The number of carbonyl (C=O) groups excluding carboxylic acids is 2. The molecular weight excluding hydrogens is 256 g/mol. The van der Waals surface area contributed by atoms with Crippen LogP contribution in [0.5, 0.6) is 0 Å². The van der Waals surface area contributed by atoms with E-state index in [0.29, 0.717) is 37.0 Å². The average molecular weight is 269 g/mol. The summed E-state index contributed by atoms with van der Waals surface area (Å²) in [7, 11) is 0. The maximum atomic E-state index is 11.8. The smallest absolute Gasteiger partial charge is 0.315 e. The first-order chi connectivity index (χ1) is 8.66. The third-order valence-corrected chi connectivity index (χ3v) is 2.79. The molecule has 1 aromatic rings. The largest absolute Gasteiger partial charge is 0.332 e. The van der Waals surface area contributed by atoms with Gasteiger partial charge in [0.25, 0.3) is 0 Å². The minimum atomic E-state index is -0.674. The zero-order chi connectivity index (χ0) is 13.0. The van der Waals surface area contributed by atoms with E-state index in [1.165, 1.54) is 11.1 Å². The van der Waals surface area contributed by atoms with Crippen LogP contribution in [0.25, 0.3) is 0 Å². The second kappa shape index (κ2) is 5.79. The fourth-order valence-corrected chi connectivity index (χ4v) is 1.74. The number of hydrogen-bond donors (Lipinski definition) is 2. The van der Waals surface area contributed by atoms with Gasteiger partial charge in [0.05, 0.1) is 5.02 Å². The molecule has 0 aliphatic carbocycles. The molecule has 0 atom stereocenters. The van der Waals surface area contributed by atoms with Gasteiger partial charge >= 0.3 is 11.8 Å². The van der Waals surface area contributed by atoms with Crippen molar-refractivity contribution >= 4 is 29.2 Å². The maximum Gasteiger partial charge on any atom is 0.315 e. The lowest BCUT2D eigenvalue weighted by molar-refractivity contribution is -0.143. The van der Waals surface area contributed by atoms with Crippen molar-refractivity contribution in [3.05, 3.63) is 23.4 Å². The predicted octanol–water partition coefficient (Wildman–Crippen LogP) is 0.105. The van der Waals surface area contributed by atoms with Crippen molar-refractivity contribution in [3.8, 4) is 0 Å². The number of amides is 2. The number of nitrogens with zero attached hydrogens (tertiary/aromatic N) is 2. The Morgan fingerprint density at radius 2 is 2.06 bits per heavy atom. The van der Waals surface area contributed by atoms with Crippen LogP contribution < -0.4 is 10.6 Å². The van der Waals surface area contributed by atoms with Crippen molar-refractivity contribution in [1.82, 2.24) is 15.2 Å². The van der Waals surface area contributed by atoms with E-state index in [9.17, 15) is 9.59 Å². The molecule has 1 fully saturated rings. The van der Waals surface area contributed by atoms with Crippen LogP contribution in [0, 0.1) is 0 Å². The molecule has 96 valence electrons. The van der Waals surface area contributed by atoms with Gasteiger partial charge in [-0.1, -0.05) is 11.6 Å². The second-order valence-corrected chi connectivity index (χ2v) is 4.29. The standard InChI is InChI=1S/C11H13ClN4O2/c12-8-1-2-9(14-7-8)15-10(17)11(18)16-5-3-13-4-6-16/h1-2,7,13H,3-6H2,(H,14,15,17). The molecule has 0 saturated carbocycles. The fraction of sp³-hybridized carbons (Fsp3) is 0.364. The Morgan fingerprint density at radius 1 is 1.33 bits per heavy atom. The lowest BCUT2D eigenvalue weighted by Crippen LogP contribution is -2.49. The predicted molar refractivity (Wildman–Crippen MR) is 67.3 cm³/mol. The minimum absolute atomic E-state index is 0.313. The second-order valence-electron chi connectivity index (χ2n) is 3.86. The SMILES string of the molecule is O=C(Nc1ccc(Cl)cn1)C(=O)N1CCNCC1. The summed E-state index contributed by atoms with van der Waals surface area (Å²) in [4.78, 5) is 28.9. The molecule has 7 heteroatoms. The average Bonchev–Trinajstić information content (AvgIpc) is 2.41. The quantitative estimate of drug-likeness (QED) is 0.709. The summed E-state index contributed by atoms with van der Waals surface area (Å²) >= 11 is 5.68. The lowest BCUT2D eigenvalue weighted by Gasteiger charge is -2.26. The fourth-order valence-electron chi connectivity index (χ4n) is 1.63. The third kappa shape index (κ3) is 3.18. The van der Waals surface area contributed by atoms with Crippen molar-refractivity contribution in [2.24, 2.45) is 0 Å². The van der Waals surface area contributed by atoms with E-state index in [1.54, 1.807) is 12.1 Å². The van der Waals surface area contributed by atoms with Gasteiger partial charge in [-0.25, -0.2) is 4.98 Å². The van der Waals surface area contributed by atoms with Crippen molar-refractivity contribution in [2.75, 3.05) is 31.5 Å². The number of piperazine rings is 1. The van der Waals surface area contributed by atoms with Crippen LogP contribution >= 0.6 is 11.6 Å². The highest BCUT2D eigenvalue weighted by Crippen LogP contribution is 2.09. The molecule has 18 heavy (non-hydrogen) atoms. The van der Waals surface area contributed by atoms with Crippen LogP contribution in [-0.4, -0.2) is 47.9 Å². The molecule has 2 heterocycles. The monoisotopic (exact) mass is 268 g/mol. The Labute approximate surface area is 109 Å². The van der Waals surface area contributed by atoms with Crippen LogP contribution in [0.1, 0.15) is 0 Å². The number of carbonyl (C=O) groups is 2. The molecule has 1 aliphatic rings. The van der Waals surface area contributed by atoms with Crippen molar-refractivity contribution in [3.63, 3.8) is 0 Å². The molecule has 0 radical (unpaired) electrons. The summed E-state index contributed by atoms with van der Waals surface area (Å²) in [6.07, 6.45) is 1.41. The van der Waals surface area contributed by atoms with Gasteiger partial charge in [-0.3, -0.25) is 9.59 Å². The Hall–Kier alpha value is -1.66. The van der Waals surface area contributed by atoms with Crippen molar-refractivity contribution in [2.45, 2.75) is 0 Å². The molecule has 0 bridgehead atoms. The van der Waals surface area contributed by atoms with E-state index in [2.05, 4.69) is 15.6 Å². The van der Waals surface area contributed by atoms with Crippen molar-refractivity contribution < 1.29 is 9.59 Å². The zero-order valence-electron chi connectivity index (χ0n) is 9.65. The van der Waals surface area contributed by atoms with E-state index >= 15 is 0 Å². The van der Waals surface area contributed by atoms with E-state index in [1.807, 2.05) is 0 Å². The van der Waals surface area contributed by atoms with Crippen LogP contribution in [0.3, 0.4) is 0 Å². The number of halogens is 1. The van der Waals surface area contributed by atoms with Gasteiger partial charge in [0.2, 0.25) is 0 Å². The summed E-state index contributed by atoms with van der Waals surface area (Å²) < 4.78 is 0. The van der Waals surface area contributed by atoms with Crippen LogP contribution in [0.4, 0.5) is 5.82 Å².